The van der Waals surface area contributed by atoms with Gasteiger partial charge in [-0.25, -0.2) is 4.98 Å². The first-order valence-corrected chi connectivity index (χ1v) is 11.1. The van der Waals surface area contributed by atoms with E-state index >= 15 is 0 Å². The van der Waals surface area contributed by atoms with Crippen LogP contribution in [-0.4, -0.2) is 50.7 Å². The number of aromatic nitrogens is 4. The van der Waals surface area contributed by atoms with Gasteiger partial charge in [-0.1, -0.05) is 12.1 Å². The smallest absolute Gasteiger partial charge is 0.416 e. The highest BCUT2D eigenvalue weighted by Gasteiger charge is 2.30. The fraction of sp³-hybridized carbons (Fsp3) is 0.292. The van der Waals surface area contributed by atoms with Crippen LogP contribution in [-0.2, 0) is 6.18 Å². The van der Waals surface area contributed by atoms with Crippen LogP contribution in [0.2, 0.25) is 0 Å². The van der Waals surface area contributed by atoms with E-state index < -0.39 is 11.7 Å². The van der Waals surface area contributed by atoms with Crippen molar-refractivity contribution in [3.63, 3.8) is 0 Å². The van der Waals surface area contributed by atoms with Gasteiger partial charge >= 0.3 is 6.18 Å². The number of likely N-dealkylation sites (tertiary alicyclic amines) is 1. The lowest BCUT2D eigenvalue weighted by molar-refractivity contribution is -0.137. The van der Waals surface area contributed by atoms with Gasteiger partial charge in [-0.3, -0.25) is 4.90 Å². The molecule has 1 aliphatic rings. The highest BCUT2D eigenvalue weighted by molar-refractivity contribution is 5.62. The minimum atomic E-state index is -4.39. The van der Waals surface area contributed by atoms with Crippen molar-refractivity contribution in [3.05, 3.63) is 66.4 Å². The van der Waals surface area contributed by atoms with Crippen LogP contribution in [0.1, 0.15) is 18.4 Å². The Morgan fingerprint density at radius 2 is 1.68 bits per heavy atom. The molecule has 7 nitrogen and oxygen atoms in total. The van der Waals surface area contributed by atoms with Gasteiger partial charge in [-0.2, -0.15) is 22.7 Å². The van der Waals surface area contributed by atoms with Gasteiger partial charge in [0.15, 0.2) is 11.5 Å². The SMILES string of the molecule is FC(F)(F)c1ccc(-c2nccc3nc(Nc4ccc(OCCN5CCCC5)cc4)nn23)cc1. The molecule has 0 unspecified atom stereocenters. The van der Waals surface area contributed by atoms with Crippen molar-refractivity contribution in [2.75, 3.05) is 31.6 Å². The molecule has 0 atom stereocenters. The molecule has 3 heterocycles. The predicted molar refractivity (Wildman–Crippen MR) is 122 cm³/mol. The van der Waals surface area contributed by atoms with E-state index in [2.05, 4.69) is 25.3 Å². The molecule has 4 aromatic rings. The van der Waals surface area contributed by atoms with Crippen molar-refractivity contribution < 1.29 is 17.9 Å². The Hall–Kier alpha value is -3.66. The van der Waals surface area contributed by atoms with E-state index in [1.54, 1.807) is 12.3 Å². The zero-order chi connectivity index (χ0) is 23.5. The average molecular weight is 468 g/mol. The topological polar surface area (TPSA) is 67.6 Å². The van der Waals surface area contributed by atoms with E-state index in [4.69, 9.17) is 4.74 Å². The van der Waals surface area contributed by atoms with Crippen LogP contribution in [0.25, 0.3) is 17.0 Å². The van der Waals surface area contributed by atoms with Crippen molar-refractivity contribution in [1.82, 2.24) is 24.5 Å². The lowest BCUT2D eigenvalue weighted by Gasteiger charge is -2.15. The molecule has 10 heteroatoms. The molecule has 34 heavy (non-hydrogen) atoms. The van der Waals surface area contributed by atoms with Gasteiger partial charge in [-0.05, 0) is 62.3 Å². The lowest BCUT2D eigenvalue weighted by Crippen LogP contribution is -2.25. The van der Waals surface area contributed by atoms with Crippen molar-refractivity contribution in [1.29, 1.82) is 0 Å². The van der Waals surface area contributed by atoms with Gasteiger partial charge in [0.1, 0.15) is 12.4 Å². The molecule has 0 radical (unpaired) electrons. The Labute approximate surface area is 194 Å². The molecule has 1 saturated heterocycles. The Balaban J connectivity index is 1.27. The summed E-state index contributed by atoms with van der Waals surface area (Å²) in [4.78, 5) is 11.1. The third-order valence-electron chi connectivity index (χ3n) is 5.71. The summed E-state index contributed by atoms with van der Waals surface area (Å²) in [5.41, 5.74) is 1.10. The number of fused-ring (bicyclic) bond motifs is 1. The van der Waals surface area contributed by atoms with Crippen molar-refractivity contribution in [3.8, 4) is 17.1 Å². The predicted octanol–water partition coefficient (Wildman–Crippen LogP) is 5.03. The maximum absolute atomic E-state index is 12.9. The Bertz CT molecular complexity index is 1250. The Morgan fingerprint density at radius 1 is 0.941 bits per heavy atom. The molecule has 0 spiro atoms. The third kappa shape index (κ3) is 4.96. The van der Waals surface area contributed by atoms with Gasteiger partial charge < -0.3 is 10.1 Å². The fourth-order valence-corrected chi connectivity index (χ4v) is 3.94. The van der Waals surface area contributed by atoms with Crippen LogP contribution < -0.4 is 10.1 Å². The second-order valence-electron chi connectivity index (χ2n) is 8.10. The van der Waals surface area contributed by atoms with Crippen molar-refractivity contribution >= 4 is 17.3 Å². The monoisotopic (exact) mass is 468 g/mol. The van der Waals surface area contributed by atoms with E-state index in [0.717, 1.165) is 43.2 Å². The summed E-state index contributed by atoms with van der Waals surface area (Å²) in [5, 5.41) is 7.59. The van der Waals surface area contributed by atoms with Crippen molar-refractivity contribution in [2.24, 2.45) is 0 Å². The number of nitrogens with one attached hydrogen (secondary N) is 1. The highest BCUT2D eigenvalue weighted by Crippen LogP contribution is 2.30. The Morgan fingerprint density at radius 3 is 2.38 bits per heavy atom. The first-order chi connectivity index (χ1) is 16.5. The molecule has 0 saturated carbocycles. The third-order valence-corrected chi connectivity index (χ3v) is 5.71. The van der Waals surface area contributed by atoms with Crippen LogP contribution in [0.4, 0.5) is 24.8 Å². The lowest BCUT2D eigenvalue weighted by atomic mass is 10.1. The zero-order valence-corrected chi connectivity index (χ0v) is 18.3. The number of alkyl halides is 3. The average Bonchev–Trinajstić information content (AvgIpc) is 3.49. The summed E-state index contributed by atoms with van der Waals surface area (Å²) >= 11 is 0. The minimum Gasteiger partial charge on any atom is -0.492 e. The second-order valence-corrected chi connectivity index (χ2v) is 8.10. The van der Waals surface area contributed by atoms with Gasteiger partial charge in [-0.15, -0.1) is 5.10 Å². The van der Waals surface area contributed by atoms with Gasteiger partial charge in [0, 0.05) is 30.1 Å². The van der Waals surface area contributed by atoms with E-state index in [-0.39, 0.29) is 0 Å². The molecule has 2 aromatic carbocycles. The zero-order valence-electron chi connectivity index (χ0n) is 18.3. The summed E-state index contributed by atoms with van der Waals surface area (Å²) < 4.78 is 46.0. The number of hydrogen-bond acceptors (Lipinski definition) is 6. The summed E-state index contributed by atoms with van der Waals surface area (Å²) in [6, 6.07) is 14.0. The first-order valence-electron chi connectivity index (χ1n) is 11.1. The normalized spacial score (nSPS) is 14.6. The molecule has 5 rings (SSSR count). The van der Waals surface area contributed by atoms with E-state index in [1.165, 1.54) is 29.5 Å². The van der Waals surface area contributed by atoms with Crippen LogP contribution in [0, 0.1) is 0 Å². The number of benzene rings is 2. The van der Waals surface area contributed by atoms with E-state index in [0.29, 0.717) is 29.6 Å². The first kappa shape index (κ1) is 22.1. The molecule has 2 aromatic heterocycles. The number of ether oxygens (including phenoxy) is 1. The maximum Gasteiger partial charge on any atom is 0.416 e. The highest BCUT2D eigenvalue weighted by atomic mass is 19.4. The van der Waals surface area contributed by atoms with Gasteiger partial charge in [0.2, 0.25) is 5.95 Å². The van der Waals surface area contributed by atoms with Crippen LogP contribution in [0.3, 0.4) is 0 Å². The number of halogens is 3. The number of rotatable bonds is 7. The largest absolute Gasteiger partial charge is 0.492 e. The van der Waals surface area contributed by atoms with Gasteiger partial charge in [0.05, 0.1) is 5.56 Å². The number of anilines is 2. The Kier molecular flexibility index (Phi) is 6.06. The quantitative estimate of drug-likeness (QED) is 0.411. The molecular weight excluding hydrogens is 445 g/mol. The molecule has 0 amide bonds. The van der Waals surface area contributed by atoms with Crippen LogP contribution in [0.15, 0.2) is 60.8 Å². The fourth-order valence-electron chi connectivity index (χ4n) is 3.94. The van der Waals surface area contributed by atoms with Crippen molar-refractivity contribution in [2.45, 2.75) is 19.0 Å². The molecule has 1 N–H and O–H groups in total. The van der Waals surface area contributed by atoms with Crippen LogP contribution in [0.5, 0.6) is 5.75 Å². The molecule has 1 fully saturated rings. The standard InChI is InChI=1S/C24H23F3N6O/c25-24(26,27)18-5-3-17(4-6-18)22-28-12-11-21-30-23(31-33(21)22)29-19-7-9-20(10-8-19)34-16-15-32-13-1-2-14-32/h3-12H,1-2,13-16H2,(H,29,31). The molecular formula is C24H23F3N6O. The molecule has 1 aliphatic heterocycles. The van der Waals surface area contributed by atoms with E-state index in [1.807, 2.05) is 24.3 Å². The summed E-state index contributed by atoms with van der Waals surface area (Å²) in [5.74, 6) is 1.54. The minimum absolute atomic E-state index is 0.351. The molecule has 0 aliphatic carbocycles. The van der Waals surface area contributed by atoms with E-state index in [9.17, 15) is 13.2 Å². The summed E-state index contributed by atoms with van der Waals surface area (Å²) in [6.45, 7) is 3.88. The van der Waals surface area contributed by atoms with Crippen LogP contribution >= 0.6 is 0 Å². The summed E-state index contributed by atoms with van der Waals surface area (Å²) in [7, 11) is 0. The summed E-state index contributed by atoms with van der Waals surface area (Å²) in [6.07, 6.45) is -0.315. The number of hydrogen-bond donors (Lipinski definition) is 1. The second kappa shape index (κ2) is 9.30. The molecule has 176 valence electrons. The maximum atomic E-state index is 12.9. The number of nitrogens with zero attached hydrogens (tertiary/aromatic N) is 5. The molecule has 0 bridgehead atoms. The van der Waals surface area contributed by atoms with Gasteiger partial charge in [0.25, 0.3) is 0 Å².